The Morgan fingerprint density at radius 1 is 0.957 bits per heavy atom. The average molecular weight is 313 g/mol. The summed E-state index contributed by atoms with van der Waals surface area (Å²) in [6.45, 7) is 0. The summed E-state index contributed by atoms with van der Waals surface area (Å²) in [6, 6.07) is 16.2. The lowest BCUT2D eigenvalue weighted by Crippen LogP contribution is -2.00. The monoisotopic (exact) mass is 313 g/mol. The summed E-state index contributed by atoms with van der Waals surface area (Å²) in [5.74, 6) is -1.01. The molecule has 5 heteroatoms. The first-order chi connectivity index (χ1) is 11.1. The minimum absolute atomic E-state index is 0.0681. The minimum atomic E-state index is -2.54. The van der Waals surface area contributed by atoms with Gasteiger partial charge >= 0.3 is 5.97 Å². The Labute approximate surface area is 131 Å². The summed E-state index contributed by atoms with van der Waals surface area (Å²) in [7, 11) is 0. The van der Waals surface area contributed by atoms with Crippen molar-refractivity contribution in [1.29, 1.82) is 0 Å². The third kappa shape index (κ3) is 2.99. The Bertz CT molecular complexity index is 878. The summed E-state index contributed by atoms with van der Waals surface area (Å²) < 4.78 is 25.6. The van der Waals surface area contributed by atoms with Crippen LogP contribution >= 0.6 is 0 Å². The molecule has 0 aliphatic carbocycles. The minimum Gasteiger partial charge on any atom is -0.478 e. The molecule has 0 fully saturated rings. The van der Waals surface area contributed by atoms with Crippen LogP contribution in [-0.2, 0) is 0 Å². The molecule has 0 bridgehead atoms. The average Bonchev–Trinajstić information content (AvgIpc) is 2.55. The topological polar surface area (TPSA) is 49.3 Å². The van der Waals surface area contributed by atoms with Gasteiger partial charge in [0.2, 0.25) is 0 Å². The number of rotatable bonds is 4. The fraction of sp³-hybridized carbons (Fsp3) is 0.0556. The molecule has 0 aliphatic rings. The van der Waals surface area contributed by atoms with Gasteiger partial charge in [0, 0.05) is 22.3 Å². The Balaban J connectivity index is 2.06. The van der Waals surface area contributed by atoms with Gasteiger partial charge in [0.15, 0.2) is 0 Å². The fourth-order valence-corrected chi connectivity index (χ4v) is 2.50. The van der Waals surface area contributed by atoms with E-state index in [9.17, 15) is 18.7 Å². The van der Waals surface area contributed by atoms with Gasteiger partial charge in [-0.25, -0.2) is 13.6 Å². The van der Waals surface area contributed by atoms with E-state index in [0.29, 0.717) is 16.8 Å². The predicted octanol–water partition coefficient (Wildman–Crippen LogP) is 5.22. The van der Waals surface area contributed by atoms with Crippen LogP contribution in [0.25, 0.3) is 10.8 Å². The number of carboxylic acids is 1. The third-order valence-corrected chi connectivity index (χ3v) is 3.57. The van der Waals surface area contributed by atoms with Gasteiger partial charge in [0.25, 0.3) is 6.43 Å². The number of nitrogens with one attached hydrogen (secondary N) is 1. The van der Waals surface area contributed by atoms with Gasteiger partial charge in [0.05, 0.1) is 5.56 Å². The van der Waals surface area contributed by atoms with Crippen molar-refractivity contribution in [2.75, 3.05) is 5.32 Å². The van der Waals surface area contributed by atoms with E-state index in [-0.39, 0.29) is 11.1 Å². The number of fused-ring (bicyclic) bond motifs is 1. The number of carboxylic acid groups (broad SMARTS) is 1. The van der Waals surface area contributed by atoms with Crippen molar-refractivity contribution < 1.29 is 18.7 Å². The lowest BCUT2D eigenvalue weighted by Gasteiger charge is -2.12. The zero-order valence-electron chi connectivity index (χ0n) is 12.0. The summed E-state index contributed by atoms with van der Waals surface area (Å²) in [5.41, 5.74) is 1.32. The Kier molecular flexibility index (Phi) is 3.93. The molecule has 3 aromatic carbocycles. The normalized spacial score (nSPS) is 10.9. The van der Waals surface area contributed by atoms with Gasteiger partial charge < -0.3 is 10.4 Å². The molecule has 0 atom stereocenters. The van der Waals surface area contributed by atoms with Gasteiger partial charge in [-0.3, -0.25) is 0 Å². The molecule has 3 rings (SSSR count). The Morgan fingerprint density at radius 2 is 1.70 bits per heavy atom. The molecule has 0 unspecified atom stereocenters. The highest BCUT2D eigenvalue weighted by Gasteiger charge is 2.12. The summed E-state index contributed by atoms with van der Waals surface area (Å²) in [6.07, 6.45) is -2.54. The zero-order chi connectivity index (χ0) is 16.4. The number of carbonyl (C=O) groups is 1. The van der Waals surface area contributed by atoms with Crippen LogP contribution in [0, 0.1) is 0 Å². The standard InChI is InChI=1S/C18H13F2NO2/c19-17(20)11-4-3-5-12(10-11)21-16-9-8-15(18(22)23)13-6-1-2-7-14(13)16/h1-10,17,21H,(H,22,23). The molecular formula is C18H13F2NO2. The number of hydrogen-bond donors (Lipinski definition) is 2. The molecule has 0 spiro atoms. The first-order valence-electron chi connectivity index (χ1n) is 6.96. The van der Waals surface area contributed by atoms with E-state index in [0.717, 1.165) is 5.39 Å². The third-order valence-electron chi connectivity index (χ3n) is 3.57. The summed E-state index contributed by atoms with van der Waals surface area (Å²) in [5, 5.41) is 13.6. The predicted molar refractivity (Wildman–Crippen MR) is 85.6 cm³/mol. The lowest BCUT2D eigenvalue weighted by atomic mass is 10.0. The van der Waals surface area contributed by atoms with Crippen LogP contribution in [0.2, 0.25) is 0 Å². The van der Waals surface area contributed by atoms with Crippen LogP contribution in [0.15, 0.2) is 60.7 Å². The maximum absolute atomic E-state index is 12.8. The van der Waals surface area contributed by atoms with Crippen molar-refractivity contribution >= 4 is 28.1 Å². The Morgan fingerprint density at radius 3 is 2.39 bits per heavy atom. The SMILES string of the molecule is O=C(O)c1ccc(Nc2cccc(C(F)F)c2)c2ccccc12. The highest BCUT2D eigenvalue weighted by molar-refractivity contribution is 6.08. The van der Waals surface area contributed by atoms with Crippen LogP contribution in [-0.4, -0.2) is 11.1 Å². The molecule has 0 saturated carbocycles. The maximum Gasteiger partial charge on any atom is 0.336 e. The lowest BCUT2D eigenvalue weighted by molar-refractivity contribution is 0.0699. The summed E-state index contributed by atoms with van der Waals surface area (Å²) >= 11 is 0. The Hall–Kier alpha value is -2.95. The molecule has 0 aliphatic heterocycles. The van der Waals surface area contributed by atoms with Gasteiger partial charge in [0.1, 0.15) is 0 Å². The van der Waals surface area contributed by atoms with Gasteiger partial charge in [-0.1, -0.05) is 36.4 Å². The molecule has 3 aromatic rings. The molecule has 0 heterocycles. The van der Waals surface area contributed by atoms with Crippen LogP contribution in [0.4, 0.5) is 20.2 Å². The molecule has 116 valence electrons. The van der Waals surface area contributed by atoms with E-state index in [4.69, 9.17) is 0 Å². The number of alkyl halides is 2. The fourth-order valence-electron chi connectivity index (χ4n) is 2.50. The molecule has 0 aromatic heterocycles. The van der Waals surface area contributed by atoms with E-state index in [2.05, 4.69) is 5.32 Å². The van der Waals surface area contributed by atoms with Crippen molar-refractivity contribution in [3.05, 3.63) is 71.8 Å². The first kappa shape index (κ1) is 15.0. The first-order valence-corrected chi connectivity index (χ1v) is 6.96. The second kappa shape index (κ2) is 6.04. The molecule has 0 saturated heterocycles. The number of anilines is 2. The smallest absolute Gasteiger partial charge is 0.336 e. The van der Waals surface area contributed by atoms with E-state index in [1.165, 1.54) is 18.2 Å². The second-order valence-electron chi connectivity index (χ2n) is 5.06. The second-order valence-corrected chi connectivity index (χ2v) is 5.06. The van der Waals surface area contributed by atoms with Gasteiger partial charge in [-0.2, -0.15) is 0 Å². The van der Waals surface area contributed by atoms with Gasteiger partial charge in [-0.05, 0) is 29.7 Å². The number of aromatic carboxylic acids is 1. The van der Waals surface area contributed by atoms with Crippen LogP contribution in [0.1, 0.15) is 22.3 Å². The van der Waals surface area contributed by atoms with E-state index in [1.807, 2.05) is 0 Å². The van der Waals surface area contributed by atoms with E-state index in [1.54, 1.807) is 42.5 Å². The van der Waals surface area contributed by atoms with E-state index >= 15 is 0 Å². The molecule has 3 nitrogen and oxygen atoms in total. The molecule has 0 amide bonds. The number of halogens is 2. The van der Waals surface area contributed by atoms with Crippen molar-refractivity contribution in [2.45, 2.75) is 6.43 Å². The van der Waals surface area contributed by atoms with Crippen LogP contribution in [0.3, 0.4) is 0 Å². The van der Waals surface area contributed by atoms with Crippen molar-refractivity contribution in [3.63, 3.8) is 0 Å². The maximum atomic E-state index is 12.8. The molecule has 2 N–H and O–H groups in total. The van der Waals surface area contributed by atoms with Crippen molar-refractivity contribution in [2.24, 2.45) is 0 Å². The highest BCUT2D eigenvalue weighted by atomic mass is 19.3. The number of hydrogen-bond acceptors (Lipinski definition) is 2. The van der Waals surface area contributed by atoms with Crippen molar-refractivity contribution in [3.8, 4) is 0 Å². The van der Waals surface area contributed by atoms with Gasteiger partial charge in [-0.15, -0.1) is 0 Å². The molecule has 23 heavy (non-hydrogen) atoms. The van der Waals surface area contributed by atoms with E-state index < -0.39 is 12.4 Å². The molecule has 0 radical (unpaired) electrons. The quantitative estimate of drug-likeness (QED) is 0.694. The van der Waals surface area contributed by atoms with Crippen LogP contribution in [0.5, 0.6) is 0 Å². The zero-order valence-corrected chi connectivity index (χ0v) is 12.0. The summed E-state index contributed by atoms with van der Waals surface area (Å²) in [4.78, 5) is 11.3. The number of benzene rings is 3. The van der Waals surface area contributed by atoms with Crippen LogP contribution < -0.4 is 5.32 Å². The highest BCUT2D eigenvalue weighted by Crippen LogP contribution is 2.30. The van der Waals surface area contributed by atoms with Crippen molar-refractivity contribution in [1.82, 2.24) is 0 Å². The molecular weight excluding hydrogens is 300 g/mol. The largest absolute Gasteiger partial charge is 0.478 e.